The number of likely N-dealkylation sites (tertiary alicyclic amines) is 1. The lowest BCUT2D eigenvalue weighted by atomic mass is 9.97. The zero-order chi connectivity index (χ0) is 17.6. The number of amides is 1. The summed E-state index contributed by atoms with van der Waals surface area (Å²) in [5.74, 6) is 1.69. The first-order valence-corrected chi connectivity index (χ1v) is 9.52. The highest BCUT2D eigenvalue weighted by Crippen LogP contribution is 2.22. The Kier molecular flexibility index (Phi) is 6.32. The first-order chi connectivity index (χ1) is 12.2. The van der Waals surface area contributed by atoms with Crippen LogP contribution in [0.3, 0.4) is 0 Å². The van der Waals surface area contributed by atoms with Crippen LogP contribution in [0.15, 0.2) is 18.2 Å². The van der Waals surface area contributed by atoms with Gasteiger partial charge in [-0.05, 0) is 68.8 Å². The molecular formula is C20H31N3O2. The molecule has 0 bridgehead atoms. The van der Waals surface area contributed by atoms with Gasteiger partial charge < -0.3 is 15.4 Å². The van der Waals surface area contributed by atoms with Crippen molar-refractivity contribution < 1.29 is 9.53 Å². The smallest absolute Gasteiger partial charge is 0.237 e. The summed E-state index contributed by atoms with van der Waals surface area (Å²) in [6, 6.07) is 6.49. The molecule has 2 saturated heterocycles. The third-order valence-corrected chi connectivity index (χ3v) is 5.42. The second kappa shape index (κ2) is 8.68. The van der Waals surface area contributed by atoms with Gasteiger partial charge in [-0.25, -0.2) is 0 Å². The Hall–Kier alpha value is -1.59. The normalized spacial score (nSPS) is 24.2. The molecule has 0 aliphatic carbocycles. The highest BCUT2D eigenvalue weighted by molar-refractivity contribution is 5.81. The van der Waals surface area contributed by atoms with Crippen LogP contribution >= 0.6 is 0 Å². The zero-order valence-electron chi connectivity index (χ0n) is 15.5. The number of piperidine rings is 1. The lowest BCUT2D eigenvalue weighted by Crippen LogP contribution is -2.45. The van der Waals surface area contributed by atoms with Gasteiger partial charge in [-0.1, -0.05) is 12.1 Å². The summed E-state index contributed by atoms with van der Waals surface area (Å²) in [6.07, 6.45) is 4.48. The Morgan fingerprint density at radius 2 is 2.24 bits per heavy atom. The molecule has 2 heterocycles. The van der Waals surface area contributed by atoms with E-state index in [2.05, 4.69) is 40.7 Å². The lowest BCUT2D eigenvalue weighted by molar-refractivity contribution is -0.123. The molecule has 2 fully saturated rings. The minimum absolute atomic E-state index is 0.0275. The number of nitrogens with one attached hydrogen (secondary N) is 2. The fourth-order valence-corrected chi connectivity index (χ4v) is 3.96. The number of ether oxygens (including phenoxy) is 1. The van der Waals surface area contributed by atoms with Gasteiger partial charge in [-0.2, -0.15) is 0 Å². The second-order valence-corrected chi connectivity index (χ2v) is 7.44. The van der Waals surface area contributed by atoms with Crippen LogP contribution in [0.1, 0.15) is 36.8 Å². The fraction of sp³-hybridized carbons (Fsp3) is 0.650. The highest BCUT2D eigenvalue weighted by atomic mass is 16.5. The van der Waals surface area contributed by atoms with E-state index in [1.54, 1.807) is 7.11 Å². The number of methoxy groups -OCH3 is 1. The number of nitrogens with zero attached hydrogens (tertiary/aromatic N) is 1. The van der Waals surface area contributed by atoms with Gasteiger partial charge in [0.15, 0.2) is 0 Å². The van der Waals surface area contributed by atoms with Gasteiger partial charge in [0.2, 0.25) is 5.91 Å². The van der Waals surface area contributed by atoms with Crippen LogP contribution in [-0.4, -0.2) is 50.1 Å². The van der Waals surface area contributed by atoms with E-state index in [-0.39, 0.29) is 11.9 Å². The molecule has 1 aromatic carbocycles. The van der Waals surface area contributed by atoms with Crippen LogP contribution in [0.2, 0.25) is 0 Å². The van der Waals surface area contributed by atoms with Crippen LogP contribution < -0.4 is 15.4 Å². The molecule has 2 N–H and O–H groups in total. The summed E-state index contributed by atoms with van der Waals surface area (Å²) in [6.45, 7) is 6.96. The number of hydrogen-bond acceptors (Lipinski definition) is 4. The maximum Gasteiger partial charge on any atom is 0.237 e. The van der Waals surface area contributed by atoms with Crippen molar-refractivity contribution in [2.24, 2.45) is 5.92 Å². The van der Waals surface area contributed by atoms with E-state index >= 15 is 0 Å². The van der Waals surface area contributed by atoms with Gasteiger partial charge in [0.25, 0.3) is 0 Å². The molecule has 2 atom stereocenters. The quantitative estimate of drug-likeness (QED) is 0.829. The van der Waals surface area contributed by atoms with E-state index in [9.17, 15) is 4.79 Å². The number of hydrogen-bond donors (Lipinski definition) is 2. The molecule has 138 valence electrons. The summed E-state index contributed by atoms with van der Waals surface area (Å²) in [7, 11) is 1.73. The maximum absolute atomic E-state index is 12.2. The van der Waals surface area contributed by atoms with Gasteiger partial charge in [-0.3, -0.25) is 9.69 Å². The Bertz CT molecular complexity index is 584. The van der Waals surface area contributed by atoms with E-state index < -0.39 is 0 Å². The summed E-state index contributed by atoms with van der Waals surface area (Å²) < 4.78 is 5.44. The van der Waals surface area contributed by atoms with E-state index in [1.807, 2.05) is 0 Å². The second-order valence-electron chi connectivity index (χ2n) is 7.44. The average molecular weight is 345 g/mol. The first-order valence-electron chi connectivity index (χ1n) is 9.52. The molecule has 5 heteroatoms. The molecule has 0 aromatic heterocycles. The van der Waals surface area contributed by atoms with Crippen LogP contribution in [0, 0.1) is 12.8 Å². The van der Waals surface area contributed by atoms with Crippen LogP contribution in [-0.2, 0) is 11.3 Å². The molecule has 0 spiro atoms. The summed E-state index contributed by atoms with van der Waals surface area (Å²) in [5, 5.41) is 6.42. The van der Waals surface area contributed by atoms with Crippen LogP contribution in [0.25, 0.3) is 0 Å². The number of benzene rings is 1. The summed E-state index contributed by atoms with van der Waals surface area (Å²) in [4.78, 5) is 14.7. The van der Waals surface area contributed by atoms with Crippen molar-refractivity contribution in [3.05, 3.63) is 29.3 Å². The van der Waals surface area contributed by atoms with Crippen molar-refractivity contribution >= 4 is 5.91 Å². The number of rotatable bonds is 6. The third kappa shape index (κ3) is 4.95. The minimum Gasteiger partial charge on any atom is -0.496 e. The highest BCUT2D eigenvalue weighted by Gasteiger charge is 2.24. The van der Waals surface area contributed by atoms with Gasteiger partial charge >= 0.3 is 0 Å². The Labute approximate surface area is 151 Å². The zero-order valence-corrected chi connectivity index (χ0v) is 15.5. The molecule has 2 aliphatic heterocycles. The van der Waals surface area contributed by atoms with Crippen molar-refractivity contribution in [2.45, 2.75) is 45.2 Å². The Morgan fingerprint density at radius 1 is 1.36 bits per heavy atom. The van der Waals surface area contributed by atoms with Gasteiger partial charge in [0, 0.05) is 19.6 Å². The average Bonchev–Trinajstić information content (AvgIpc) is 3.16. The molecule has 2 aliphatic rings. The summed E-state index contributed by atoms with van der Waals surface area (Å²) in [5.41, 5.74) is 2.47. The molecular weight excluding hydrogens is 314 g/mol. The fourth-order valence-electron chi connectivity index (χ4n) is 3.96. The number of aryl methyl sites for hydroxylation is 1. The van der Waals surface area contributed by atoms with Crippen LogP contribution in [0.5, 0.6) is 5.75 Å². The van der Waals surface area contributed by atoms with Crippen molar-refractivity contribution in [2.75, 3.05) is 33.3 Å². The lowest BCUT2D eigenvalue weighted by Gasteiger charge is -2.33. The van der Waals surface area contributed by atoms with Crippen molar-refractivity contribution in [1.29, 1.82) is 0 Å². The van der Waals surface area contributed by atoms with E-state index in [4.69, 9.17) is 4.74 Å². The Morgan fingerprint density at radius 3 is 3.00 bits per heavy atom. The molecule has 1 amide bonds. The van der Waals surface area contributed by atoms with E-state index in [0.29, 0.717) is 5.92 Å². The standard InChI is InChI=1S/C20H31N3O2/c1-15-7-8-16(11-19(15)25-2)13-23-10-4-5-17(14-23)12-22-20(24)18-6-3-9-21-18/h7-8,11,17-18,21H,3-6,9-10,12-14H2,1-2H3,(H,22,24). The number of carbonyl (C=O) groups excluding carboxylic acids is 1. The van der Waals surface area contributed by atoms with E-state index in [1.165, 1.54) is 24.0 Å². The molecule has 25 heavy (non-hydrogen) atoms. The largest absolute Gasteiger partial charge is 0.496 e. The van der Waals surface area contributed by atoms with Crippen molar-refractivity contribution in [3.8, 4) is 5.75 Å². The van der Waals surface area contributed by atoms with Gasteiger partial charge in [-0.15, -0.1) is 0 Å². The van der Waals surface area contributed by atoms with Crippen molar-refractivity contribution in [1.82, 2.24) is 15.5 Å². The summed E-state index contributed by atoms with van der Waals surface area (Å²) >= 11 is 0. The number of carbonyl (C=O) groups is 1. The predicted octanol–water partition coefficient (Wildman–Crippen LogP) is 2.08. The molecule has 0 radical (unpaired) electrons. The third-order valence-electron chi connectivity index (χ3n) is 5.42. The minimum atomic E-state index is 0.0275. The van der Waals surface area contributed by atoms with Gasteiger partial charge in [0.05, 0.1) is 13.2 Å². The topological polar surface area (TPSA) is 53.6 Å². The molecule has 5 nitrogen and oxygen atoms in total. The Balaban J connectivity index is 1.48. The maximum atomic E-state index is 12.2. The van der Waals surface area contributed by atoms with Crippen LogP contribution in [0.4, 0.5) is 0 Å². The first kappa shape index (κ1) is 18.2. The molecule has 3 rings (SSSR count). The predicted molar refractivity (Wildman–Crippen MR) is 99.8 cm³/mol. The molecule has 1 aromatic rings. The monoisotopic (exact) mass is 345 g/mol. The SMILES string of the molecule is COc1cc(CN2CCCC(CNC(=O)C3CCCN3)C2)ccc1C. The van der Waals surface area contributed by atoms with Gasteiger partial charge in [0.1, 0.15) is 5.75 Å². The molecule has 2 unspecified atom stereocenters. The molecule has 0 saturated carbocycles. The van der Waals surface area contributed by atoms with E-state index in [0.717, 1.165) is 51.3 Å². The van der Waals surface area contributed by atoms with Crippen molar-refractivity contribution in [3.63, 3.8) is 0 Å².